The molecule has 0 radical (unpaired) electrons. The van der Waals surface area contributed by atoms with Gasteiger partial charge in [0.1, 0.15) is 10.5 Å². The molecule has 132 valence electrons. The molecule has 1 aromatic carbocycles. The Labute approximate surface area is 149 Å². The zero-order valence-electron chi connectivity index (χ0n) is 14.3. The first-order chi connectivity index (χ1) is 12.1. The van der Waals surface area contributed by atoms with Crippen LogP contribution in [0.15, 0.2) is 29.6 Å². The fourth-order valence-electron chi connectivity index (χ4n) is 2.40. The number of nitrogens with two attached hydrogens (primary N) is 1. The van der Waals surface area contributed by atoms with E-state index in [2.05, 4.69) is 24.8 Å². The Morgan fingerprint density at radius 1 is 1.20 bits per heavy atom. The number of anilines is 2. The van der Waals surface area contributed by atoms with E-state index in [9.17, 15) is 0 Å². The smallest absolute Gasteiger partial charge is 0.223 e. The average Bonchev–Trinajstić information content (AvgIpc) is 3.09. The van der Waals surface area contributed by atoms with E-state index in [0.717, 1.165) is 28.5 Å². The number of fused-ring (bicyclic) bond motifs is 1. The number of aromatic nitrogens is 4. The summed E-state index contributed by atoms with van der Waals surface area (Å²) in [5, 5.41) is 0.806. The summed E-state index contributed by atoms with van der Waals surface area (Å²) in [7, 11) is 5.29. The lowest BCUT2D eigenvalue weighted by molar-refractivity contribution is 0.355. The Hall–Kier alpha value is -2.68. The van der Waals surface area contributed by atoms with Gasteiger partial charge in [-0.2, -0.15) is 4.98 Å². The number of hydrogen-bond acceptors (Lipinski definition) is 8. The second-order valence-electron chi connectivity index (χ2n) is 5.30. The van der Waals surface area contributed by atoms with E-state index in [4.69, 9.17) is 15.2 Å². The third-order valence-corrected chi connectivity index (χ3v) is 4.70. The number of aromatic amines is 1. The fraction of sp³-hybridized carbons (Fsp3) is 0.312. The number of nitrogens with one attached hydrogen (secondary N) is 1. The summed E-state index contributed by atoms with van der Waals surface area (Å²) < 4.78 is 10.6. The summed E-state index contributed by atoms with van der Waals surface area (Å²) in [4.78, 5) is 17.7. The lowest BCUT2D eigenvalue weighted by Crippen LogP contribution is -2.20. The summed E-state index contributed by atoms with van der Waals surface area (Å²) in [5.41, 5.74) is 8.19. The molecular formula is C16H20N6O2S. The van der Waals surface area contributed by atoms with Crippen LogP contribution in [0, 0.1) is 0 Å². The number of H-pyrrole nitrogens is 1. The maximum Gasteiger partial charge on any atom is 0.223 e. The maximum absolute atomic E-state index is 5.74. The van der Waals surface area contributed by atoms with Crippen LogP contribution in [0.3, 0.4) is 0 Å². The van der Waals surface area contributed by atoms with Crippen molar-refractivity contribution in [2.75, 3.05) is 44.2 Å². The van der Waals surface area contributed by atoms with Gasteiger partial charge in [0, 0.05) is 31.1 Å². The highest BCUT2D eigenvalue weighted by Gasteiger charge is 2.11. The minimum Gasteiger partial charge on any atom is -0.493 e. The van der Waals surface area contributed by atoms with Gasteiger partial charge < -0.3 is 25.1 Å². The molecule has 0 amide bonds. The molecule has 9 heteroatoms. The number of ether oxygens (including phenoxy) is 2. The lowest BCUT2D eigenvalue weighted by atomic mass is 10.2. The molecule has 0 aliphatic heterocycles. The van der Waals surface area contributed by atoms with Crippen molar-refractivity contribution in [2.24, 2.45) is 0 Å². The zero-order chi connectivity index (χ0) is 17.8. The van der Waals surface area contributed by atoms with E-state index in [1.165, 1.54) is 0 Å². The third-order valence-electron chi connectivity index (χ3n) is 3.74. The highest BCUT2D eigenvalue weighted by molar-refractivity contribution is 7.99. The van der Waals surface area contributed by atoms with Crippen LogP contribution in [0.5, 0.6) is 11.5 Å². The summed E-state index contributed by atoms with van der Waals surface area (Å²) in [6.07, 6.45) is 1.60. The summed E-state index contributed by atoms with van der Waals surface area (Å²) in [6.45, 7) is 0.819. The van der Waals surface area contributed by atoms with Gasteiger partial charge in [0.25, 0.3) is 0 Å². The summed E-state index contributed by atoms with van der Waals surface area (Å²) in [6, 6.07) is 5.86. The minimum atomic E-state index is 0.232. The number of imidazole rings is 1. The van der Waals surface area contributed by atoms with Crippen LogP contribution in [0.1, 0.15) is 0 Å². The van der Waals surface area contributed by atoms with E-state index in [1.54, 1.807) is 32.3 Å². The van der Waals surface area contributed by atoms with Crippen molar-refractivity contribution < 1.29 is 9.47 Å². The van der Waals surface area contributed by atoms with E-state index in [-0.39, 0.29) is 5.95 Å². The third kappa shape index (κ3) is 3.71. The molecular weight excluding hydrogens is 340 g/mol. The molecule has 3 N–H and O–H groups in total. The van der Waals surface area contributed by atoms with Crippen LogP contribution in [0.2, 0.25) is 0 Å². The highest BCUT2D eigenvalue weighted by Crippen LogP contribution is 2.31. The molecule has 2 aromatic heterocycles. The molecule has 0 bridgehead atoms. The molecule has 3 aromatic rings. The van der Waals surface area contributed by atoms with E-state index < -0.39 is 0 Å². The van der Waals surface area contributed by atoms with Crippen LogP contribution < -0.4 is 20.1 Å². The highest BCUT2D eigenvalue weighted by atomic mass is 32.2. The monoisotopic (exact) mass is 360 g/mol. The van der Waals surface area contributed by atoms with E-state index >= 15 is 0 Å². The van der Waals surface area contributed by atoms with Gasteiger partial charge in [0.15, 0.2) is 17.1 Å². The van der Waals surface area contributed by atoms with Crippen molar-refractivity contribution in [1.29, 1.82) is 0 Å². The zero-order valence-corrected chi connectivity index (χ0v) is 15.1. The topological polar surface area (TPSA) is 102 Å². The van der Waals surface area contributed by atoms with Crippen LogP contribution in [0.25, 0.3) is 11.2 Å². The molecule has 0 spiro atoms. The van der Waals surface area contributed by atoms with Gasteiger partial charge >= 0.3 is 0 Å². The quantitative estimate of drug-likeness (QED) is 0.488. The molecule has 0 aliphatic rings. The van der Waals surface area contributed by atoms with Gasteiger partial charge in [-0.3, -0.25) is 0 Å². The Bertz CT molecular complexity index is 869. The molecule has 0 aliphatic carbocycles. The average molecular weight is 360 g/mol. The summed E-state index contributed by atoms with van der Waals surface area (Å²) in [5.74, 6) is 2.49. The van der Waals surface area contributed by atoms with Gasteiger partial charge in [0.2, 0.25) is 5.95 Å². The standard InChI is InChI=1S/C16H20N6O2S/c1-22(10-4-5-11(23-2)12(8-10)24-3)6-7-25-15-13-14(19-9-18-13)20-16(17)21-15/h4-5,8-9H,6-7H2,1-3H3,(H3,17,18,19,20,21). The predicted octanol–water partition coefficient (Wildman–Crippen LogP) is 2.18. The molecule has 3 rings (SSSR count). The number of nitrogens with zero attached hydrogens (tertiary/aromatic N) is 4. The molecule has 0 saturated carbocycles. The number of thioether (sulfide) groups is 1. The Morgan fingerprint density at radius 3 is 2.76 bits per heavy atom. The summed E-state index contributed by atoms with van der Waals surface area (Å²) >= 11 is 1.61. The van der Waals surface area contributed by atoms with Crippen molar-refractivity contribution in [3.05, 3.63) is 24.5 Å². The first-order valence-electron chi connectivity index (χ1n) is 7.65. The van der Waals surface area contributed by atoms with Crippen molar-refractivity contribution in [3.8, 4) is 11.5 Å². The normalized spacial score (nSPS) is 10.8. The van der Waals surface area contributed by atoms with Crippen LogP contribution in [-0.4, -0.2) is 53.5 Å². The van der Waals surface area contributed by atoms with Gasteiger partial charge in [0.05, 0.1) is 20.5 Å². The number of benzene rings is 1. The van der Waals surface area contributed by atoms with Gasteiger partial charge in [-0.05, 0) is 12.1 Å². The molecule has 2 heterocycles. The van der Waals surface area contributed by atoms with E-state index in [0.29, 0.717) is 17.1 Å². The number of methoxy groups -OCH3 is 2. The predicted molar refractivity (Wildman–Crippen MR) is 99.6 cm³/mol. The Balaban J connectivity index is 1.66. The molecule has 0 unspecified atom stereocenters. The largest absolute Gasteiger partial charge is 0.493 e. The Kier molecular flexibility index (Phi) is 5.13. The first kappa shape index (κ1) is 17.2. The number of rotatable bonds is 7. The second kappa shape index (κ2) is 7.47. The first-order valence-corrected chi connectivity index (χ1v) is 8.63. The van der Waals surface area contributed by atoms with Crippen LogP contribution in [-0.2, 0) is 0 Å². The SMILES string of the molecule is COc1ccc(N(C)CCSc2nc(N)nc3nc[nH]c23)cc1OC. The molecule has 8 nitrogen and oxygen atoms in total. The second-order valence-corrected chi connectivity index (χ2v) is 6.38. The van der Waals surface area contributed by atoms with E-state index in [1.807, 2.05) is 25.2 Å². The molecule has 25 heavy (non-hydrogen) atoms. The van der Waals surface area contributed by atoms with Crippen molar-refractivity contribution in [3.63, 3.8) is 0 Å². The van der Waals surface area contributed by atoms with Crippen molar-refractivity contribution in [2.45, 2.75) is 5.03 Å². The van der Waals surface area contributed by atoms with Crippen LogP contribution in [0.4, 0.5) is 11.6 Å². The Morgan fingerprint density at radius 2 is 2.00 bits per heavy atom. The maximum atomic E-state index is 5.74. The van der Waals surface area contributed by atoms with Gasteiger partial charge in [-0.1, -0.05) is 0 Å². The fourth-order valence-corrected chi connectivity index (χ4v) is 3.41. The molecule has 0 fully saturated rings. The van der Waals surface area contributed by atoms with Crippen LogP contribution >= 0.6 is 11.8 Å². The van der Waals surface area contributed by atoms with Crippen molar-refractivity contribution in [1.82, 2.24) is 19.9 Å². The molecule has 0 saturated heterocycles. The number of nitrogen functional groups attached to an aromatic ring is 1. The van der Waals surface area contributed by atoms with Crippen molar-refractivity contribution >= 4 is 34.6 Å². The minimum absolute atomic E-state index is 0.232. The van der Waals surface area contributed by atoms with Gasteiger partial charge in [-0.15, -0.1) is 11.8 Å². The van der Waals surface area contributed by atoms with Gasteiger partial charge in [-0.25, -0.2) is 9.97 Å². The molecule has 0 atom stereocenters. The lowest BCUT2D eigenvalue weighted by Gasteiger charge is -2.20. The number of hydrogen-bond donors (Lipinski definition) is 2.